The van der Waals surface area contributed by atoms with Crippen LogP contribution < -0.4 is 4.31 Å². The number of likely N-dealkylation sites (tertiary alicyclic amines) is 1. The SMILES string of the molecule is CCOC(=O)C1CCN(C(=O)CN(c2ccccc2)S(=O)(=O)c2ccccc2[N+](=O)[O-])CC1. The summed E-state index contributed by atoms with van der Waals surface area (Å²) in [5.41, 5.74) is -0.355. The molecular weight excluding hydrogens is 450 g/mol. The number of hydrogen-bond donors (Lipinski definition) is 0. The monoisotopic (exact) mass is 475 g/mol. The molecule has 1 amide bonds. The minimum atomic E-state index is -4.43. The van der Waals surface area contributed by atoms with Crippen LogP contribution in [0.4, 0.5) is 11.4 Å². The third-order valence-electron chi connectivity index (χ3n) is 5.42. The Morgan fingerprint density at radius 2 is 1.70 bits per heavy atom. The second-order valence-corrected chi connectivity index (χ2v) is 9.31. The van der Waals surface area contributed by atoms with E-state index in [1.807, 2.05) is 0 Å². The average Bonchev–Trinajstić information content (AvgIpc) is 2.83. The first kappa shape index (κ1) is 24.2. The molecule has 1 aliphatic rings. The van der Waals surface area contributed by atoms with Crippen LogP contribution in [0.3, 0.4) is 0 Å². The molecule has 0 saturated carbocycles. The van der Waals surface area contributed by atoms with Gasteiger partial charge >= 0.3 is 5.97 Å². The predicted octanol–water partition coefficient (Wildman–Crippen LogP) is 2.59. The lowest BCUT2D eigenvalue weighted by molar-refractivity contribution is -0.387. The average molecular weight is 476 g/mol. The molecule has 1 fully saturated rings. The van der Waals surface area contributed by atoms with Gasteiger partial charge in [0.1, 0.15) is 6.54 Å². The number of carbonyl (C=O) groups is 2. The standard InChI is InChI=1S/C22H25N3O7S/c1-2-32-22(27)17-12-14-23(15-13-17)21(26)16-24(18-8-4-3-5-9-18)33(30,31)20-11-7-6-10-19(20)25(28)29/h3-11,17H,2,12-16H2,1H3. The van der Waals surface area contributed by atoms with Crippen LogP contribution in [0.1, 0.15) is 19.8 Å². The van der Waals surface area contributed by atoms with E-state index in [1.165, 1.54) is 29.2 Å². The van der Waals surface area contributed by atoms with Gasteiger partial charge in [-0.3, -0.25) is 24.0 Å². The summed E-state index contributed by atoms with van der Waals surface area (Å²) in [5, 5.41) is 11.4. The van der Waals surface area contributed by atoms with E-state index in [2.05, 4.69) is 0 Å². The zero-order valence-electron chi connectivity index (χ0n) is 18.1. The van der Waals surface area contributed by atoms with Gasteiger partial charge in [-0.2, -0.15) is 0 Å². The summed E-state index contributed by atoms with van der Waals surface area (Å²) >= 11 is 0. The minimum absolute atomic E-state index is 0.213. The zero-order chi connectivity index (χ0) is 24.0. The maximum absolute atomic E-state index is 13.5. The third-order valence-corrected chi connectivity index (χ3v) is 7.24. The number of sulfonamides is 1. The predicted molar refractivity (Wildman–Crippen MR) is 120 cm³/mol. The van der Waals surface area contributed by atoms with Crippen LogP contribution in [0, 0.1) is 16.0 Å². The lowest BCUT2D eigenvalue weighted by atomic mass is 9.97. The first-order valence-corrected chi connectivity index (χ1v) is 11.9. The Bertz CT molecular complexity index is 1110. The lowest BCUT2D eigenvalue weighted by Crippen LogP contribution is -2.46. The quantitative estimate of drug-likeness (QED) is 0.326. The number of nitro groups is 1. The number of piperidine rings is 1. The van der Waals surface area contributed by atoms with Crippen LogP contribution in [-0.4, -0.2) is 56.4 Å². The Kier molecular flexibility index (Phi) is 7.64. The largest absolute Gasteiger partial charge is 0.466 e. The highest BCUT2D eigenvalue weighted by Gasteiger charge is 2.35. The molecule has 33 heavy (non-hydrogen) atoms. The molecule has 3 rings (SSSR count). The molecule has 0 aromatic heterocycles. The van der Waals surface area contributed by atoms with E-state index in [9.17, 15) is 28.1 Å². The number of anilines is 1. The Hall–Kier alpha value is -3.47. The molecule has 1 aliphatic heterocycles. The maximum atomic E-state index is 13.5. The van der Waals surface area contributed by atoms with Crippen molar-refractivity contribution >= 4 is 33.3 Å². The molecule has 176 valence electrons. The molecule has 11 heteroatoms. The zero-order valence-corrected chi connectivity index (χ0v) is 18.9. The smallest absolute Gasteiger partial charge is 0.309 e. The van der Waals surface area contributed by atoms with Crippen LogP contribution in [0.5, 0.6) is 0 Å². The summed E-state index contributed by atoms with van der Waals surface area (Å²) in [5.74, 6) is -1.05. The summed E-state index contributed by atoms with van der Waals surface area (Å²) in [7, 11) is -4.43. The van der Waals surface area contributed by atoms with Crippen molar-refractivity contribution < 1.29 is 27.7 Å². The van der Waals surface area contributed by atoms with E-state index < -0.39 is 38.0 Å². The van der Waals surface area contributed by atoms with Crippen molar-refractivity contribution in [3.05, 3.63) is 64.7 Å². The first-order valence-electron chi connectivity index (χ1n) is 10.5. The van der Waals surface area contributed by atoms with Crippen molar-refractivity contribution in [2.45, 2.75) is 24.7 Å². The molecule has 0 spiro atoms. The van der Waals surface area contributed by atoms with Crippen molar-refractivity contribution in [1.29, 1.82) is 0 Å². The van der Waals surface area contributed by atoms with E-state index in [-0.39, 0.29) is 37.3 Å². The van der Waals surface area contributed by atoms with E-state index in [4.69, 9.17) is 4.74 Å². The van der Waals surface area contributed by atoms with E-state index >= 15 is 0 Å². The van der Waals surface area contributed by atoms with Gasteiger partial charge in [-0.25, -0.2) is 8.42 Å². The number of rotatable bonds is 8. The van der Waals surface area contributed by atoms with Crippen molar-refractivity contribution in [1.82, 2.24) is 4.90 Å². The van der Waals surface area contributed by atoms with E-state index in [0.717, 1.165) is 16.4 Å². The molecule has 0 radical (unpaired) electrons. The van der Waals surface area contributed by atoms with Gasteiger partial charge in [-0.15, -0.1) is 0 Å². The molecular formula is C22H25N3O7S. The van der Waals surface area contributed by atoms with Gasteiger partial charge in [0.15, 0.2) is 4.90 Å². The number of benzene rings is 2. The van der Waals surface area contributed by atoms with Gasteiger partial charge in [0.05, 0.1) is 23.1 Å². The van der Waals surface area contributed by atoms with Gasteiger partial charge < -0.3 is 9.64 Å². The molecule has 0 atom stereocenters. The van der Waals surface area contributed by atoms with Crippen molar-refractivity contribution in [2.24, 2.45) is 5.92 Å². The fourth-order valence-electron chi connectivity index (χ4n) is 3.70. The summed E-state index contributed by atoms with van der Waals surface area (Å²) in [4.78, 5) is 36.7. The molecule has 0 unspecified atom stereocenters. The fraction of sp³-hybridized carbons (Fsp3) is 0.364. The Balaban J connectivity index is 1.86. The Morgan fingerprint density at radius 1 is 1.09 bits per heavy atom. The Morgan fingerprint density at radius 3 is 2.30 bits per heavy atom. The van der Waals surface area contributed by atoms with Crippen LogP contribution >= 0.6 is 0 Å². The van der Waals surface area contributed by atoms with Crippen molar-refractivity contribution in [2.75, 3.05) is 30.5 Å². The van der Waals surface area contributed by atoms with Gasteiger partial charge in [0, 0.05) is 19.2 Å². The normalized spacial score (nSPS) is 14.5. The molecule has 2 aromatic carbocycles. The topological polar surface area (TPSA) is 127 Å². The van der Waals surface area contributed by atoms with Crippen LogP contribution in [0.25, 0.3) is 0 Å². The number of amides is 1. The number of ether oxygens (including phenoxy) is 1. The molecule has 2 aromatic rings. The molecule has 0 aliphatic carbocycles. The van der Waals surface area contributed by atoms with Gasteiger partial charge in [-0.1, -0.05) is 30.3 Å². The van der Waals surface area contributed by atoms with E-state index in [1.54, 1.807) is 25.1 Å². The third kappa shape index (κ3) is 5.48. The summed E-state index contributed by atoms with van der Waals surface area (Å²) in [6.45, 7) is 2.06. The highest BCUT2D eigenvalue weighted by molar-refractivity contribution is 7.93. The van der Waals surface area contributed by atoms with Crippen LogP contribution in [-0.2, 0) is 24.3 Å². The second-order valence-electron chi connectivity index (χ2n) is 7.48. The summed E-state index contributed by atoms with van der Waals surface area (Å²) in [6.07, 6.45) is 0.847. The number of carbonyl (C=O) groups excluding carboxylic acids is 2. The fourth-order valence-corrected chi connectivity index (χ4v) is 5.28. The summed E-state index contributed by atoms with van der Waals surface area (Å²) < 4.78 is 32.9. The van der Waals surface area contributed by atoms with Gasteiger partial charge in [0.2, 0.25) is 5.91 Å². The van der Waals surface area contributed by atoms with E-state index in [0.29, 0.717) is 12.8 Å². The van der Waals surface area contributed by atoms with Gasteiger partial charge in [0.25, 0.3) is 15.7 Å². The van der Waals surface area contributed by atoms with Crippen LogP contribution in [0.15, 0.2) is 59.5 Å². The number of esters is 1. The molecule has 0 N–H and O–H groups in total. The van der Waals surface area contributed by atoms with Gasteiger partial charge in [-0.05, 0) is 38.0 Å². The minimum Gasteiger partial charge on any atom is -0.466 e. The second kappa shape index (κ2) is 10.4. The number of para-hydroxylation sites is 2. The molecule has 1 heterocycles. The summed E-state index contributed by atoms with van der Waals surface area (Å²) in [6, 6.07) is 13.0. The maximum Gasteiger partial charge on any atom is 0.309 e. The molecule has 1 saturated heterocycles. The highest BCUT2D eigenvalue weighted by Crippen LogP contribution is 2.30. The molecule has 10 nitrogen and oxygen atoms in total. The number of hydrogen-bond acceptors (Lipinski definition) is 7. The van der Waals surface area contributed by atoms with Crippen molar-refractivity contribution in [3.8, 4) is 0 Å². The molecule has 0 bridgehead atoms. The van der Waals surface area contributed by atoms with Crippen LogP contribution in [0.2, 0.25) is 0 Å². The Labute approximate surface area is 192 Å². The highest BCUT2D eigenvalue weighted by atomic mass is 32.2. The number of nitrogens with zero attached hydrogens (tertiary/aromatic N) is 3. The number of nitro benzene ring substituents is 1. The van der Waals surface area contributed by atoms with Crippen molar-refractivity contribution in [3.63, 3.8) is 0 Å². The lowest BCUT2D eigenvalue weighted by Gasteiger charge is -2.33. The first-order chi connectivity index (χ1) is 15.8.